The molecule has 0 unspecified atom stereocenters. The zero-order valence-corrected chi connectivity index (χ0v) is 9.30. The molecule has 1 aliphatic rings. The minimum absolute atomic E-state index is 0.148. The lowest BCUT2D eigenvalue weighted by Crippen LogP contribution is -2.38. The van der Waals surface area contributed by atoms with Crippen LogP contribution in [0.1, 0.15) is 25.7 Å². The monoisotopic (exact) mass is 226 g/mol. The van der Waals surface area contributed by atoms with Crippen molar-refractivity contribution in [3.8, 4) is 0 Å². The summed E-state index contributed by atoms with van der Waals surface area (Å²) in [6.07, 6.45) is 6.05. The maximum Gasteiger partial charge on any atom is 0.131 e. The Kier molecular flexibility index (Phi) is 3.12. The number of nitrogens with zero attached hydrogens (tertiary/aromatic N) is 1. The van der Waals surface area contributed by atoms with Crippen LogP contribution in [0.4, 0.5) is 5.69 Å². The van der Waals surface area contributed by atoms with Gasteiger partial charge in [-0.15, -0.1) is 0 Å². The highest BCUT2D eigenvalue weighted by Gasteiger charge is 2.32. The maximum absolute atomic E-state index is 9.44. The first-order valence-electron chi connectivity index (χ1n) is 5.25. The Labute approximate surface area is 94.5 Å². The largest absolute Gasteiger partial charge is 0.394 e. The van der Waals surface area contributed by atoms with E-state index >= 15 is 0 Å². The molecule has 15 heavy (non-hydrogen) atoms. The summed E-state index contributed by atoms with van der Waals surface area (Å²) < 4.78 is 0. The number of pyridine rings is 1. The van der Waals surface area contributed by atoms with Crippen molar-refractivity contribution < 1.29 is 5.11 Å². The first-order chi connectivity index (χ1) is 7.24. The molecule has 1 saturated carbocycles. The van der Waals surface area contributed by atoms with Crippen LogP contribution in [0, 0.1) is 0 Å². The first kappa shape index (κ1) is 10.7. The SMILES string of the molecule is OCC1(Nc2ccnc(Cl)c2)CCCC1. The quantitative estimate of drug-likeness (QED) is 0.779. The summed E-state index contributed by atoms with van der Waals surface area (Å²) in [7, 11) is 0. The van der Waals surface area contributed by atoms with Gasteiger partial charge in [0.05, 0.1) is 12.1 Å². The second-order valence-corrected chi connectivity index (χ2v) is 4.53. The highest BCUT2D eigenvalue weighted by Crippen LogP contribution is 2.32. The molecule has 82 valence electrons. The molecule has 0 radical (unpaired) electrons. The molecule has 1 aromatic rings. The average Bonchev–Trinajstić information content (AvgIpc) is 2.67. The van der Waals surface area contributed by atoms with Gasteiger partial charge in [0.1, 0.15) is 5.15 Å². The molecular formula is C11H15ClN2O. The number of rotatable bonds is 3. The Hall–Kier alpha value is -0.800. The topological polar surface area (TPSA) is 45.1 Å². The number of nitrogens with one attached hydrogen (secondary N) is 1. The van der Waals surface area contributed by atoms with E-state index in [9.17, 15) is 5.11 Å². The van der Waals surface area contributed by atoms with Gasteiger partial charge in [-0.3, -0.25) is 0 Å². The number of halogens is 1. The summed E-state index contributed by atoms with van der Waals surface area (Å²) in [6.45, 7) is 0.174. The van der Waals surface area contributed by atoms with E-state index in [-0.39, 0.29) is 12.1 Å². The van der Waals surface area contributed by atoms with Gasteiger partial charge in [0.25, 0.3) is 0 Å². The Morgan fingerprint density at radius 1 is 1.47 bits per heavy atom. The van der Waals surface area contributed by atoms with Crippen LogP contribution in [0.3, 0.4) is 0 Å². The van der Waals surface area contributed by atoms with Crippen molar-refractivity contribution >= 4 is 17.3 Å². The molecule has 1 aromatic heterocycles. The van der Waals surface area contributed by atoms with Crippen LogP contribution in [0.2, 0.25) is 5.15 Å². The van der Waals surface area contributed by atoms with Crippen LogP contribution in [0.25, 0.3) is 0 Å². The summed E-state index contributed by atoms with van der Waals surface area (Å²) in [5, 5.41) is 13.3. The molecule has 0 aromatic carbocycles. The van der Waals surface area contributed by atoms with Gasteiger partial charge in [-0.05, 0) is 25.0 Å². The number of aliphatic hydroxyl groups is 1. The molecule has 3 nitrogen and oxygen atoms in total. The highest BCUT2D eigenvalue weighted by atomic mass is 35.5. The third kappa shape index (κ3) is 2.41. The molecule has 0 amide bonds. The molecule has 2 N–H and O–H groups in total. The molecule has 0 saturated heterocycles. The Bertz CT molecular complexity index is 337. The van der Waals surface area contributed by atoms with Crippen molar-refractivity contribution in [3.63, 3.8) is 0 Å². The second kappa shape index (κ2) is 4.37. The third-order valence-corrected chi connectivity index (χ3v) is 3.21. The zero-order chi connectivity index (χ0) is 10.7. The first-order valence-corrected chi connectivity index (χ1v) is 5.62. The van der Waals surface area contributed by atoms with E-state index in [4.69, 9.17) is 11.6 Å². The molecular weight excluding hydrogens is 212 g/mol. The van der Waals surface area contributed by atoms with Crippen molar-refractivity contribution in [3.05, 3.63) is 23.5 Å². The Morgan fingerprint density at radius 2 is 2.20 bits per heavy atom. The van der Waals surface area contributed by atoms with Crippen molar-refractivity contribution in [1.29, 1.82) is 0 Å². The van der Waals surface area contributed by atoms with Crippen LogP contribution in [0.5, 0.6) is 0 Å². The summed E-state index contributed by atoms with van der Waals surface area (Å²) in [6, 6.07) is 3.67. The molecule has 0 spiro atoms. The lowest BCUT2D eigenvalue weighted by molar-refractivity contribution is 0.214. The van der Waals surface area contributed by atoms with Gasteiger partial charge in [-0.1, -0.05) is 24.4 Å². The lowest BCUT2D eigenvalue weighted by Gasteiger charge is -2.29. The summed E-state index contributed by atoms with van der Waals surface area (Å²) in [5.74, 6) is 0. The smallest absolute Gasteiger partial charge is 0.131 e. The molecule has 1 heterocycles. The molecule has 4 heteroatoms. The minimum atomic E-state index is -0.148. The van der Waals surface area contributed by atoms with E-state index < -0.39 is 0 Å². The molecule has 0 aliphatic heterocycles. The number of aromatic nitrogens is 1. The zero-order valence-electron chi connectivity index (χ0n) is 8.54. The predicted molar refractivity (Wildman–Crippen MR) is 61.2 cm³/mol. The summed E-state index contributed by atoms with van der Waals surface area (Å²) in [4.78, 5) is 3.93. The Morgan fingerprint density at radius 3 is 2.80 bits per heavy atom. The fourth-order valence-corrected chi connectivity index (χ4v) is 2.33. The highest BCUT2D eigenvalue weighted by molar-refractivity contribution is 6.29. The summed E-state index contributed by atoms with van der Waals surface area (Å²) in [5.41, 5.74) is 0.788. The van der Waals surface area contributed by atoms with Gasteiger partial charge in [-0.2, -0.15) is 0 Å². The van der Waals surface area contributed by atoms with E-state index in [0.29, 0.717) is 5.15 Å². The van der Waals surface area contributed by atoms with Crippen LogP contribution in [-0.2, 0) is 0 Å². The number of hydrogen-bond acceptors (Lipinski definition) is 3. The van der Waals surface area contributed by atoms with E-state index in [1.54, 1.807) is 12.3 Å². The van der Waals surface area contributed by atoms with E-state index in [2.05, 4.69) is 10.3 Å². The van der Waals surface area contributed by atoms with E-state index in [1.165, 1.54) is 12.8 Å². The van der Waals surface area contributed by atoms with Crippen LogP contribution >= 0.6 is 11.6 Å². The fourth-order valence-electron chi connectivity index (χ4n) is 2.16. The van der Waals surface area contributed by atoms with Gasteiger partial charge in [0.15, 0.2) is 0 Å². The number of anilines is 1. The molecule has 0 atom stereocenters. The fraction of sp³-hybridized carbons (Fsp3) is 0.545. The number of aliphatic hydroxyl groups excluding tert-OH is 1. The van der Waals surface area contributed by atoms with Crippen molar-refractivity contribution in [2.45, 2.75) is 31.2 Å². The van der Waals surface area contributed by atoms with E-state index in [0.717, 1.165) is 18.5 Å². The molecule has 0 bridgehead atoms. The molecule has 1 aliphatic carbocycles. The lowest BCUT2D eigenvalue weighted by atomic mass is 9.98. The van der Waals surface area contributed by atoms with Crippen LogP contribution < -0.4 is 5.32 Å². The predicted octanol–water partition coefficient (Wildman–Crippen LogP) is 2.45. The molecule has 1 fully saturated rings. The second-order valence-electron chi connectivity index (χ2n) is 4.14. The normalized spacial score (nSPS) is 19.1. The van der Waals surface area contributed by atoms with Gasteiger partial charge in [0, 0.05) is 11.9 Å². The average molecular weight is 227 g/mol. The summed E-state index contributed by atoms with van der Waals surface area (Å²) >= 11 is 5.81. The maximum atomic E-state index is 9.44. The third-order valence-electron chi connectivity index (χ3n) is 3.00. The molecule has 2 rings (SSSR count). The van der Waals surface area contributed by atoms with E-state index in [1.807, 2.05) is 6.07 Å². The standard InChI is InChI=1S/C11H15ClN2O/c12-10-7-9(3-6-13-10)14-11(8-15)4-1-2-5-11/h3,6-7,15H,1-2,4-5,8H2,(H,13,14). The van der Waals surface area contributed by atoms with Crippen molar-refractivity contribution in [1.82, 2.24) is 4.98 Å². The van der Waals surface area contributed by atoms with Gasteiger partial charge < -0.3 is 10.4 Å². The Balaban J connectivity index is 2.12. The van der Waals surface area contributed by atoms with Crippen molar-refractivity contribution in [2.75, 3.05) is 11.9 Å². The van der Waals surface area contributed by atoms with Crippen molar-refractivity contribution in [2.24, 2.45) is 0 Å². The number of hydrogen-bond donors (Lipinski definition) is 2. The van der Waals surface area contributed by atoms with Gasteiger partial charge in [-0.25, -0.2) is 4.98 Å². The van der Waals surface area contributed by atoms with Gasteiger partial charge >= 0.3 is 0 Å². The van der Waals surface area contributed by atoms with Gasteiger partial charge in [0.2, 0.25) is 0 Å². The van der Waals surface area contributed by atoms with Crippen LogP contribution in [0.15, 0.2) is 18.3 Å². The minimum Gasteiger partial charge on any atom is -0.394 e. The van der Waals surface area contributed by atoms with Crippen LogP contribution in [-0.4, -0.2) is 22.2 Å².